The number of nitrogens with zero attached hydrogens (tertiary/aromatic N) is 3. The van der Waals surface area contributed by atoms with Gasteiger partial charge in [-0.05, 0) is 25.0 Å². The van der Waals surface area contributed by atoms with E-state index in [1.807, 2.05) is 24.1 Å². The minimum Gasteiger partial charge on any atom is -0.342 e. The molecule has 1 amide bonds. The number of fused-ring (bicyclic) bond motifs is 1. The van der Waals surface area contributed by atoms with Crippen molar-refractivity contribution in [3.05, 3.63) is 18.3 Å². The number of carbonyl (C=O) groups is 1. The Kier molecular flexibility index (Phi) is 4.43. The normalized spacial score (nSPS) is 16.2. The lowest BCUT2D eigenvalue weighted by molar-refractivity contribution is -0.129. The van der Waals surface area contributed by atoms with Crippen LogP contribution in [-0.2, 0) is 4.79 Å². The number of rotatable bonds is 4. The minimum atomic E-state index is 0.181. The first-order valence-corrected chi connectivity index (χ1v) is 8.42. The van der Waals surface area contributed by atoms with Crippen molar-refractivity contribution in [2.45, 2.75) is 43.3 Å². The van der Waals surface area contributed by atoms with Gasteiger partial charge in [0.25, 0.3) is 0 Å². The van der Waals surface area contributed by atoms with Crippen molar-refractivity contribution in [2.24, 2.45) is 0 Å². The highest BCUT2D eigenvalue weighted by molar-refractivity contribution is 7.99. The predicted molar refractivity (Wildman–Crippen MR) is 84.3 cm³/mol. The molecule has 6 heteroatoms. The summed E-state index contributed by atoms with van der Waals surface area (Å²) in [6, 6.07) is 4.23. The number of nitrogens with one attached hydrogen (secondary N) is 1. The zero-order valence-electron chi connectivity index (χ0n) is 12.2. The second kappa shape index (κ2) is 6.47. The summed E-state index contributed by atoms with van der Waals surface area (Å²) in [5.41, 5.74) is 1.61. The Bertz CT molecular complexity index is 588. The van der Waals surface area contributed by atoms with Crippen LogP contribution in [0.3, 0.4) is 0 Å². The molecule has 3 rings (SSSR count). The second-order valence-electron chi connectivity index (χ2n) is 5.50. The Labute approximate surface area is 128 Å². The van der Waals surface area contributed by atoms with E-state index in [1.54, 1.807) is 6.20 Å². The van der Waals surface area contributed by atoms with Crippen molar-refractivity contribution in [3.63, 3.8) is 0 Å². The van der Waals surface area contributed by atoms with Gasteiger partial charge in [-0.15, -0.1) is 0 Å². The lowest BCUT2D eigenvalue weighted by atomic mass is 9.94. The van der Waals surface area contributed by atoms with E-state index >= 15 is 0 Å². The Morgan fingerprint density at radius 3 is 3.00 bits per heavy atom. The van der Waals surface area contributed by atoms with E-state index in [9.17, 15) is 4.79 Å². The fourth-order valence-electron chi connectivity index (χ4n) is 2.80. The number of hydrogen-bond donors (Lipinski definition) is 1. The smallest absolute Gasteiger partial charge is 0.233 e. The van der Waals surface area contributed by atoms with E-state index in [2.05, 4.69) is 15.0 Å². The maximum atomic E-state index is 12.3. The number of pyridine rings is 1. The quantitative estimate of drug-likeness (QED) is 0.882. The zero-order chi connectivity index (χ0) is 14.7. The third kappa shape index (κ3) is 3.37. The molecule has 0 spiro atoms. The Hall–Kier alpha value is -1.56. The van der Waals surface area contributed by atoms with Crippen molar-refractivity contribution in [1.82, 2.24) is 19.9 Å². The number of imidazole rings is 1. The minimum absolute atomic E-state index is 0.181. The molecule has 0 bridgehead atoms. The topological polar surface area (TPSA) is 61.9 Å². The van der Waals surface area contributed by atoms with Gasteiger partial charge < -0.3 is 9.88 Å². The fraction of sp³-hybridized carbons (Fsp3) is 0.533. The lowest BCUT2D eigenvalue weighted by Gasteiger charge is -2.31. The molecule has 0 aromatic carbocycles. The third-order valence-electron chi connectivity index (χ3n) is 4.08. The van der Waals surface area contributed by atoms with Crippen molar-refractivity contribution >= 4 is 28.8 Å². The van der Waals surface area contributed by atoms with E-state index < -0.39 is 0 Å². The molecule has 1 N–H and O–H groups in total. The maximum Gasteiger partial charge on any atom is 0.233 e. The fourth-order valence-corrected chi connectivity index (χ4v) is 3.59. The number of carbonyl (C=O) groups excluding carboxylic acids is 1. The summed E-state index contributed by atoms with van der Waals surface area (Å²) in [7, 11) is 1.93. The molecule has 0 atom stereocenters. The summed E-state index contributed by atoms with van der Waals surface area (Å²) < 4.78 is 0. The number of thioether (sulfide) groups is 1. The summed E-state index contributed by atoms with van der Waals surface area (Å²) in [5, 5.41) is 0.758. The van der Waals surface area contributed by atoms with Crippen molar-refractivity contribution in [1.29, 1.82) is 0 Å². The predicted octanol–water partition coefficient (Wildman–Crippen LogP) is 2.84. The molecule has 2 heterocycles. The van der Waals surface area contributed by atoms with Gasteiger partial charge in [0.15, 0.2) is 10.8 Å². The largest absolute Gasteiger partial charge is 0.342 e. The zero-order valence-corrected chi connectivity index (χ0v) is 13.0. The summed E-state index contributed by atoms with van der Waals surface area (Å²) in [4.78, 5) is 26.0. The summed E-state index contributed by atoms with van der Waals surface area (Å²) in [6.45, 7) is 0. The van der Waals surface area contributed by atoms with Gasteiger partial charge in [0.1, 0.15) is 0 Å². The average molecular weight is 304 g/mol. The molecular formula is C15H20N4OS. The van der Waals surface area contributed by atoms with Gasteiger partial charge in [-0.3, -0.25) is 4.79 Å². The van der Waals surface area contributed by atoms with E-state index in [0.717, 1.165) is 23.5 Å². The molecule has 1 fully saturated rings. The first-order chi connectivity index (χ1) is 10.2. The molecule has 0 radical (unpaired) electrons. The molecule has 0 aliphatic heterocycles. The number of hydrogen-bond acceptors (Lipinski definition) is 4. The monoisotopic (exact) mass is 304 g/mol. The molecule has 21 heavy (non-hydrogen) atoms. The van der Waals surface area contributed by atoms with Crippen LogP contribution in [0, 0.1) is 0 Å². The van der Waals surface area contributed by atoms with Crippen molar-refractivity contribution in [3.8, 4) is 0 Å². The van der Waals surface area contributed by atoms with Crippen LogP contribution in [0.2, 0.25) is 0 Å². The van der Waals surface area contributed by atoms with Crippen LogP contribution in [0.4, 0.5) is 0 Å². The van der Waals surface area contributed by atoms with Gasteiger partial charge in [-0.1, -0.05) is 31.0 Å². The Balaban J connectivity index is 1.57. The third-order valence-corrected chi connectivity index (χ3v) is 4.94. The molecule has 1 saturated carbocycles. The molecule has 2 aromatic heterocycles. The van der Waals surface area contributed by atoms with Gasteiger partial charge in [-0.2, -0.15) is 0 Å². The van der Waals surface area contributed by atoms with Crippen molar-refractivity contribution < 1.29 is 4.79 Å². The van der Waals surface area contributed by atoms with Crippen LogP contribution in [-0.4, -0.2) is 44.6 Å². The second-order valence-corrected chi connectivity index (χ2v) is 6.47. The molecule has 0 unspecified atom stereocenters. The Morgan fingerprint density at radius 1 is 1.43 bits per heavy atom. The average Bonchev–Trinajstić information content (AvgIpc) is 2.95. The molecule has 1 aliphatic rings. The summed E-state index contributed by atoms with van der Waals surface area (Å²) in [6.07, 6.45) is 7.79. The number of amides is 1. The van der Waals surface area contributed by atoms with Gasteiger partial charge in [0.05, 0.1) is 11.3 Å². The van der Waals surface area contributed by atoms with Crippen molar-refractivity contribution in [2.75, 3.05) is 12.8 Å². The van der Waals surface area contributed by atoms with E-state index in [1.165, 1.54) is 31.0 Å². The van der Waals surface area contributed by atoms with Crippen LogP contribution in [0.25, 0.3) is 11.2 Å². The molecule has 1 aliphatic carbocycles. The molecule has 5 nitrogen and oxygen atoms in total. The van der Waals surface area contributed by atoms with Crippen LogP contribution in [0.15, 0.2) is 23.5 Å². The van der Waals surface area contributed by atoms with Gasteiger partial charge in [0, 0.05) is 19.3 Å². The maximum absolute atomic E-state index is 12.3. The first-order valence-electron chi connectivity index (χ1n) is 7.43. The summed E-state index contributed by atoms with van der Waals surface area (Å²) >= 11 is 1.45. The standard InChI is InChI=1S/C15H20N4OS/c1-19(11-6-3-2-4-7-11)13(20)10-21-15-17-12-8-5-9-16-14(12)18-15/h5,8-9,11H,2-4,6-7,10H2,1H3,(H,16,17,18). The van der Waals surface area contributed by atoms with E-state index in [-0.39, 0.29) is 5.91 Å². The molecule has 2 aromatic rings. The Morgan fingerprint density at radius 2 is 2.24 bits per heavy atom. The molecule has 0 saturated heterocycles. The van der Waals surface area contributed by atoms with E-state index in [4.69, 9.17) is 0 Å². The van der Waals surface area contributed by atoms with E-state index in [0.29, 0.717) is 17.4 Å². The highest BCUT2D eigenvalue weighted by Gasteiger charge is 2.22. The summed E-state index contributed by atoms with van der Waals surface area (Å²) in [5.74, 6) is 0.604. The molecule has 112 valence electrons. The lowest BCUT2D eigenvalue weighted by Crippen LogP contribution is -2.39. The van der Waals surface area contributed by atoms with Gasteiger partial charge in [0.2, 0.25) is 5.91 Å². The van der Waals surface area contributed by atoms with Gasteiger partial charge in [-0.25, -0.2) is 9.97 Å². The van der Waals surface area contributed by atoms with Crippen LogP contribution >= 0.6 is 11.8 Å². The number of H-pyrrole nitrogens is 1. The number of aromatic amines is 1. The van der Waals surface area contributed by atoms with Crippen LogP contribution in [0.5, 0.6) is 0 Å². The van der Waals surface area contributed by atoms with Gasteiger partial charge >= 0.3 is 0 Å². The molecular weight excluding hydrogens is 284 g/mol. The number of aromatic nitrogens is 3. The SMILES string of the molecule is CN(C(=O)CSc1nc2ncccc2[nH]1)C1CCCCC1. The van der Waals surface area contributed by atoms with Crippen LogP contribution < -0.4 is 0 Å². The first kappa shape index (κ1) is 14.4. The highest BCUT2D eigenvalue weighted by atomic mass is 32.2. The van der Waals surface area contributed by atoms with Crippen LogP contribution in [0.1, 0.15) is 32.1 Å². The highest BCUT2D eigenvalue weighted by Crippen LogP contribution is 2.23.